The first-order valence-electron chi connectivity index (χ1n) is 9.87. The van der Waals surface area contributed by atoms with Gasteiger partial charge in [-0.3, -0.25) is 14.5 Å². The minimum Gasteiger partial charge on any atom is -0.350 e. The summed E-state index contributed by atoms with van der Waals surface area (Å²) in [5.74, 6) is -0.0554. The van der Waals surface area contributed by atoms with Gasteiger partial charge in [0.05, 0.1) is 6.54 Å². The zero-order valence-electron chi connectivity index (χ0n) is 16.8. The SMILES string of the molecule is CC(C)(C)NC(=O)CN1CCC2(CCC2NC(=O)c2cc(Cl)cc(Cl)c2)CC1. The Kier molecular flexibility index (Phi) is 6.28. The molecule has 2 fully saturated rings. The lowest BCUT2D eigenvalue weighted by atomic mass is 9.59. The standard InChI is InChI=1S/C21H29Cl2N3O2/c1-20(2,3)25-18(27)13-26-8-6-21(7-9-26)5-4-17(21)24-19(28)14-10-15(22)12-16(23)11-14/h10-12,17H,4-9,13H2,1-3H3,(H,24,28)(H,25,27). The van der Waals surface area contributed by atoms with Crippen LogP contribution in [0, 0.1) is 5.41 Å². The Bertz CT molecular complexity index is 732. The van der Waals surface area contributed by atoms with Crippen LogP contribution in [0.25, 0.3) is 0 Å². The molecule has 5 nitrogen and oxygen atoms in total. The zero-order chi connectivity index (χ0) is 20.5. The summed E-state index contributed by atoms with van der Waals surface area (Å²) in [6, 6.07) is 5.08. The monoisotopic (exact) mass is 425 g/mol. The predicted octanol–water partition coefficient (Wildman–Crippen LogP) is 3.88. The molecule has 1 aliphatic carbocycles. The number of nitrogens with zero attached hydrogens (tertiary/aromatic N) is 1. The van der Waals surface area contributed by atoms with E-state index in [-0.39, 0.29) is 28.8 Å². The van der Waals surface area contributed by atoms with Gasteiger partial charge in [-0.25, -0.2) is 0 Å². The molecule has 0 bridgehead atoms. The van der Waals surface area contributed by atoms with E-state index in [0.29, 0.717) is 22.2 Å². The largest absolute Gasteiger partial charge is 0.350 e. The van der Waals surface area contributed by atoms with Crippen molar-refractivity contribution >= 4 is 35.0 Å². The molecule has 1 aliphatic heterocycles. The predicted molar refractivity (Wildman–Crippen MR) is 113 cm³/mol. The molecule has 7 heteroatoms. The molecule has 3 rings (SSSR count). The van der Waals surface area contributed by atoms with E-state index in [0.717, 1.165) is 38.8 Å². The molecular weight excluding hydrogens is 397 g/mol. The van der Waals surface area contributed by atoms with Crippen molar-refractivity contribution in [2.75, 3.05) is 19.6 Å². The first kappa shape index (κ1) is 21.4. The summed E-state index contributed by atoms with van der Waals surface area (Å²) >= 11 is 12.0. The van der Waals surface area contributed by atoms with Crippen LogP contribution in [0.1, 0.15) is 56.8 Å². The van der Waals surface area contributed by atoms with Gasteiger partial charge in [-0.15, -0.1) is 0 Å². The third kappa shape index (κ3) is 5.19. The zero-order valence-corrected chi connectivity index (χ0v) is 18.3. The minimum atomic E-state index is -0.208. The fraction of sp³-hybridized carbons (Fsp3) is 0.619. The van der Waals surface area contributed by atoms with Crippen LogP contribution in [0.2, 0.25) is 10.0 Å². The summed E-state index contributed by atoms with van der Waals surface area (Å²) in [6.07, 6.45) is 4.11. The molecule has 0 radical (unpaired) electrons. The fourth-order valence-electron chi connectivity index (χ4n) is 4.26. The van der Waals surface area contributed by atoms with Crippen molar-refractivity contribution in [1.29, 1.82) is 0 Å². The van der Waals surface area contributed by atoms with Gasteiger partial charge in [0.25, 0.3) is 5.91 Å². The molecular formula is C21H29Cl2N3O2. The number of hydrogen-bond acceptors (Lipinski definition) is 3. The highest BCUT2D eigenvalue weighted by Crippen LogP contribution is 2.49. The van der Waals surface area contributed by atoms with Gasteiger partial charge in [0, 0.05) is 27.2 Å². The van der Waals surface area contributed by atoms with Crippen molar-refractivity contribution in [2.45, 2.75) is 58.0 Å². The van der Waals surface area contributed by atoms with E-state index in [1.807, 2.05) is 20.8 Å². The van der Waals surface area contributed by atoms with Gasteiger partial charge in [-0.05, 0) is 83.2 Å². The number of benzene rings is 1. The Balaban J connectivity index is 1.53. The van der Waals surface area contributed by atoms with Gasteiger partial charge in [0.1, 0.15) is 0 Å². The lowest BCUT2D eigenvalue weighted by Crippen LogP contribution is -2.59. The summed E-state index contributed by atoms with van der Waals surface area (Å²) < 4.78 is 0. The highest BCUT2D eigenvalue weighted by atomic mass is 35.5. The Morgan fingerprint density at radius 3 is 2.21 bits per heavy atom. The number of piperidine rings is 1. The summed E-state index contributed by atoms with van der Waals surface area (Å²) in [4.78, 5) is 27.0. The number of carbonyl (C=O) groups excluding carboxylic acids is 2. The maximum Gasteiger partial charge on any atom is 0.251 e. The van der Waals surface area contributed by atoms with Crippen LogP contribution in [0.15, 0.2) is 18.2 Å². The van der Waals surface area contributed by atoms with Crippen LogP contribution in [-0.4, -0.2) is 47.9 Å². The molecule has 1 saturated carbocycles. The van der Waals surface area contributed by atoms with E-state index < -0.39 is 0 Å². The van der Waals surface area contributed by atoms with Crippen molar-refractivity contribution in [3.63, 3.8) is 0 Å². The second kappa shape index (κ2) is 8.21. The average Bonchev–Trinajstić information content (AvgIpc) is 2.56. The van der Waals surface area contributed by atoms with Crippen LogP contribution in [0.3, 0.4) is 0 Å². The van der Waals surface area contributed by atoms with E-state index in [4.69, 9.17) is 23.2 Å². The molecule has 2 aliphatic rings. The van der Waals surface area contributed by atoms with Crippen molar-refractivity contribution < 1.29 is 9.59 Å². The normalized spacial score (nSPS) is 21.8. The maximum absolute atomic E-state index is 12.6. The Morgan fingerprint density at radius 2 is 1.71 bits per heavy atom. The van der Waals surface area contributed by atoms with E-state index in [9.17, 15) is 9.59 Å². The summed E-state index contributed by atoms with van der Waals surface area (Å²) in [5, 5.41) is 7.12. The molecule has 1 unspecified atom stereocenters. The van der Waals surface area contributed by atoms with Gasteiger partial charge >= 0.3 is 0 Å². The van der Waals surface area contributed by atoms with E-state index in [1.54, 1.807) is 18.2 Å². The average molecular weight is 426 g/mol. The lowest BCUT2D eigenvalue weighted by molar-refractivity contribution is -0.124. The first-order chi connectivity index (χ1) is 13.1. The molecule has 28 heavy (non-hydrogen) atoms. The number of rotatable bonds is 4. The lowest BCUT2D eigenvalue weighted by Gasteiger charge is -2.54. The second-order valence-corrected chi connectivity index (χ2v) is 10.0. The topological polar surface area (TPSA) is 61.4 Å². The Hall–Kier alpha value is -1.30. The Morgan fingerprint density at radius 1 is 1.11 bits per heavy atom. The number of nitrogens with one attached hydrogen (secondary N) is 2. The molecule has 1 aromatic carbocycles. The number of halogens is 2. The number of likely N-dealkylation sites (tertiary alicyclic amines) is 1. The first-order valence-corrected chi connectivity index (χ1v) is 10.6. The maximum atomic E-state index is 12.6. The quantitative estimate of drug-likeness (QED) is 0.768. The van der Waals surface area contributed by atoms with Crippen LogP contribution in [0.5, 0.6) is 0 Å². The van der Waals surface area contributed by atoms with Crippen LogP contribution < -0.4 is 10.6 Å². The van der Waals surface area contributed by atoms with E-state index in [1.165, 1.54) is 0 Å². The third-order valence-corrected chi connectivity index (χ3v) is 6.27. The highest BCUT2D eigenvalue weighted by Gasteiger charge is 2.48. The molecule has 1 heterocycles. The van der Waals surface area contributed by atoms with Gasteiger partial charge in [-0.1, -0.05) is 23.2 Å². The van der Waals surface area contributed by atoms with Crippen molar-refractivity contribution in [3.8, 4) is 0 Å². The second-order valence-electron chi connectivity index (χ2n) is 9.16. The number of amides is 2. The molecule has 154 valence electrons. The summed E-state index contributed by atoms with van der Waals surface area (Å²) in [6.45, 7) is 8.17. The fourth-order valence-corrected chi connectivity index (χ4v) is 4.79. The summed E-state index contributed by atoms with van der Waals surface area (Å²) in [7, 11) is 0. The Labute approximate surface area is 177 Å². The van der Waals surface area contributed by atoms with Gasteiger partial charge in [-0.2, -0.15) is 0 Å². The van der Waals surface area contributed by atoms with E-state index >= 15 is 0 Å². The van der Waals surface area contributed by atoms with Crippen molar-refractivity contribution in [1.82, 2.24) is 15.5 Å². The van der Waals surface area contributed by atoms with Crippen LogP contribution >= 0.6 is 23.2 Å². The van der Waals surface area contributed by atoms with Gasteiger partial charge in [0.2, 0.25) is 5.91 Å². The smallest absolute Gasteiger partial charge is 0.251 e. The van der Waals surface area contributed by atoms with Gasteiger partial charge in [0.15, 0.2) is 0 Å². The molecule has 2 N–H and O–H groups in total. The third-order valence-electron chi connectivity index (χ3n) is 5.83. The minimum absolute atomic E-state index is 0.0692. The summed E-state index contributed by atoms with van der Waals surface area (Å²) in [5.41, 5.74) is 0.436. The number of hydrogen-bond donors (Lipinski definition) is 2. The van der Waals surface area contributed by atoms with Gasteiger partial charge < -0.3 is 10.6 Å². The van der Waals surface area contributed by atoms with E-state index in [2.05, 4.69) is 15.5 Å². The van der Waals surface area contributed by atoms with Crippen LogP contribution in [-0.2, 0) is 4.79 Å². The molecule has 2 amide bonds. The molecule has 1 aromatic rings. The number of carbonyl (C=O) groups is 2. The highest BCUT2D eigenvalue weighted by molar-refractivity contribution is 6.35. The van der Waals surface area contributed by atoms with Crippen LogP contribution in [0.4, 0.5) is 0 Å². The molecule has 1 saturated heterocycles. The van der Waals surface area contributed by atoms with Crippen molar-refractivity contribution in [2.24, 2.45) is 5.41 Å². The molecule has 1 atom stereocenters. The van der Waals surface area contributed by atoms with Crippen molar-refractivity contribution in [3.05, 3.63) is 33.8 Å². The molecule has 1 spiro atoms. The molecule has 0 aromatic heterocycles.